The van der Waals surface area contributed by atoms with Crippen molar-refractivity contribution in [3.8, 4) is 5.75 Å². The topological polar surface area (TPSA) is 64.1 Å². The monoisotopic (exact) mass is 443 g/mol. The van der Waals surface area contributed by atoms with Crippen molar-refractivity contribution in [3.63, 3.8) is 0 Å². The van der Waals surface area contributed by atoms with Gasteiger partial charge < -0.3 is 4.74 Å². The van der Waals surface area contributed by atoms with Gasteiger partial charge in [-0.25, -0.2) is 9.97 Å². The highest BCUT2D eigenvalue weighted by atomic mass is 35.5. The first kappa shape index (κ1) is 19.8. The molecule has 0 aliphatic carbocycles. The van der Waals surface area contributed by atoms with Crippen molar-refractivity contribution in [2.45, 2.75) is 27.4 Å². The zero-order valence-electron chi connectivity index (χ0n) is 16.1. The molecule has 4 aromatic rings. The molecular formula is C21H18ClN3O2S2. The third-order valence-corrected chi connectivity index (χ3v) is 6.79. The maximum Gasteiger partial charge on any atom is 0.269 e. The Morgan fingerprint density at radius 1 is 1.10 bits per heavy atom. The molecule has 5 nitrogen and oxygen atoms in total. The van der Waals surface area contributed by atoms with E-state index in [1.54, 1.807) is 6.07 Å². The van der Waals surface area contributed by atoms with E-state index in [4.69, 9.17) is 16.3 Å². The smallest absolute Gasteiger partial charge is 0.269 e. The number of thiazole rings is 2. The average molecular weight is 444 g/mol. The van der Waals surface area contributed by atoms with Gasteiger partial charge in [0, 0.05) is 5.02 Å². The van der Waals surface area contributed by atoms with Crippen molar-refractivity contribution in [2.75, 3.05) is 5.32 Å². The number of hydrogen-bond donors (Lipinski definition) is 1. The van der Waals surface area contributed by atoms with Gasteiger partial charge in [-0.2, -0.15) is 0 Å². The van der Waals surface area contributed by atoms with Crippen molar-refractivity contribution in [1.82, 2.24) is 9.97 Å². The highest BCUT2D eigenvalue weighted by Crippen LogP contribution is 2.28. The Morgan fingerprint density at radius 2 is 1.93 bits per heavy atom. The van der Waals surface area contributed by atoms with E-state index >= 15 is 0 Å². The maximum atomic E-state index is 12.7. The second-order valence-electron chi connectivity index (χ2n) is 6.67. The Labute approximate surface area is 181 Å². The van der Waals surface area contributed by atoms with E-state index in [0.29, 0.717) is 27.3 Å². The Hall–Kier alpha value is -2.48. The van der Waals surface area contributed by atoms with E-state index in [1.165, 1.54) is 22.7 Å². The molecule has 29 heavy (non-hydrogen) atoms. The summed E-state index contributed by atoms with van der Waals surface area (Å²) in [5, 5.41) is 4.91. The lowest BCUT2D eigenvalue weighted by Crippen LogP contribution is -2.11. The number of aryl methyl sites for hydroxylation is 3. The number of nitrogens with zero attached hydrogens (tertiary/aromatic N) is 2. The summed E-state index contributed by atoms with van der Waals surface area (Å²) in [5.41, 5.74) is 3.67. The largest absolute Gasteiger partial charge is 0.486 e. The molecule has 148 valence electrons. The van der Waals surface area contributed by atoms with Gasteiger partial charge in [0.15, 0.2) is 5.13 Å². The average Bonchev–Trinajstić information content (AvgIpc) is 3.24. The van der Waals surface area contributed by atoms with E-state index in [2.05, 4.69) is 21.4 Å². The number of amides is 1. The van der Waals surface area contributed by atoms with Gasteiger partial charge in [-0.05, 0) is 62.2 Å². The van der Waals surface area contributed by atoms with E-state index in [9.17, 15) is 4.79 Å². The van der Waals surface area contributed by atoms with Crippen LogP contribution < -0.4 is 10.1 Å². The minimum atomic E-state index is -0.204. The number of ether oxygens (including phenoxy) is 1. The Balaban J connectivity index is 1.46. The van der Waals surface area contributed by atoms with Crippen LogP contribution in [-0.2, 0) is 6.61 Å². The molecule has 1 N–H and O–H groups in total. The van der Waals surface area contributed by atoms with Crippen molar-refractivity contribution < 1.29 is 9.53 Å². The molecule has 0 saturated heterocycles. The van der Waals surface area contributed by atoms with E-state index in [-0.39, 0.29) is 5.91 Å². The zero-order valence-corrected chi connectivity index (χ0v) is 18.5. The lowest BCUT2D eigenvalue weighted by Gasteiger charge is -2.05. The first-order chi connectivity index (χ1) is 13.9. The standard InChI is InChI=1S/C21H18ClN3O2S2/c1-11-4-7-16-17(8-11)28-21(24-16)25-20(26)19-13(3)23-18(29-19)10-27-14-5-6-15(22)12(2)9-14/h4-9H,10H2,1-3H3,(H,24,25,26). The molecule has 0 saturated carbocycles. The minimum Gasteiger partial charge on any atom is -0.486 e. The zero-order chi connectivity index (χ0) is 20.5. The van der Waals surface area contributed by atoms with Crippen LogP contribution in [0.5, 0.6) is 5.75 Å². The predicted octanol–water partition coefficient (Wildman–Crippen LogP) is 6.16. The number of rotatable bonds is 5. The molecule has 2 aromatic carbocycles. The van der Waals surface area contributed by atoms with E-state index < -0.39 is 0 Å². The van der Waals surface area contributed by atoms with Gasteiger partial charge in [-0.15, -0.1) is 11.3 Å². The van der Waals surface area contributed by atoms with Crippen LogP contribution in [0.25, 0.3) is 10.2 Å². The number of nitrogens with one attached hydrogen (secondary N) is 1. The van der Waals surface area contributed by atoms with Gasteiger partial charge in [0.1, 0.15) is 22.2 Å². The first-order valence-corrected chi connectivity index (χ1v) is 10.9. The van der Waals surface area contributed by atoms with Gasteiger partial charge in [-0.1, -0.05) is 29.0 Å². The highest BCUT2D eigenvalue weighted by Gasteiger charge is 2.17. The molecule has 0 bridgehead atoms. The fraction of sp³-hybridized carbons (Fsp3) is 0.190. The number of halogens is 1. The second-order valence-corrected chi connectivity index (χ2v) is 9.19. The molecule has 0 radical (unpaired) electrons. The predicted molar refractivity (Wildman–Crippen MR) is 120 cm³/mol. The molecule has 2 heterocycles. The second kappa shape index (κ2) is 8.10. The lowest BCUT2D eigenvalue weighted by molar-refractivity contribution is 0.103. The molecule has 0 fully saturated rings. The summed E-state index contributed by atoms with van der Waals surface area (Å²) in [6.07, 6.45) is 0. The van der Waals surface area contributed by atoms with Crippen LogP contribution in [0.2, 0.25) is 5.02 Å². The van der Waals surface area contributed by atoms with Crippen LogP contribution in [0.15, 0.2) is 36.4 Å². The van der Waals surface area contributed by atoms with Crippen LogP contribution in [-0.4, -0.2) is 15.9 Å². The van der Waals surface area contributed by atoms with Crippen molar-refractivity contribution in [1.29, 1.82) is 0 Å². The van der Waals surface area contributed by atoms with Gasteiger partial charge in [0.2, 0.25) is 0 Å². The molecule has 0 unspecified atom stereocenters. The Morgan fingerprint density at radius 3 is 2.72 bits per heavy atom. The highest BCUT2D eigenvalue weighted by molar-refractivity contribution is 7.22. The molecule has 0 spiro atoms. The molecular weight excluding hydrogens is 426 g/mol. The van der Waals surface area contributed by atoms with Crippen LogP contribution >= 0.6 is 34.3 Å². The normalized spacial score (nSPS) is 11.0. The third-order valence-electron chi connectivity index (χ3n) is 4.30. The minimum absolute atomic E-state index is 0.204. The molecule has 2 aromatic heterocycles. The number of benzene rings is 2. The SMILES string of the molecule is Cc1ccc2nc(NC(=O)c3sc(COc4ccc(Cl)c(C)c4)nc3C)sc2c1. The van der Waals surface area contributed by atoms with Crippen molar-refractivity contribution in [2.24, 2.45) is 0 Å². The van der Waals surface area contributed by atoms with Gasteiger partial charge in [0.05, 0.1) is 15.9 Å². The summed E-state index contributed by atoms with van der Waals surface area (Å²) in [6.45, 7) is 6.07. The van der Waals surface area contributed by atoms with Crippen molar-refractivity contribution >= 4 is 55.5 Å². The molecule has 1 amide bonds. The van der Waals surface area contributed by atoms with Gasteiger partial charge in [0.25, 0.3) is 5.91 Å². The summed E-state index contributed by atoms with van der Waals surface area (Å²) in [6, 6.07) is 11.5. The third kappa shape index (κ3) is 4.42. The summed E-state index contributed by atoms with van der Waals surface area (Å²) in [7, 11) is 0. The number of fused-ring (bicyclic) bond motifs is 1. The van der Waals surface area contributed by atoms with Crippen molar-refractivity contribution in [3.05, 3.63) is 68.1 Å². The van der Waals surface area contributed by atoms with E-state index in [1.807, 2.05) is 45.0 Å². The maximum absolute atomic E-state index is 12.7. The first-order valence-electron chi connectivity index (χ1n) is 8.93. The summed E-state index contributed by atoms with van der Waals surface area (Å²) in [4.78, 5) is 22.2. The summed E-state index contributed by atoms with van der Waals surface area (Å²) in [5.74, 6) is 0.514. The number of hydrogen-bond acceptors (Lipinski definition) is 6. The van der Waals surface area contributed by atoms with Gasteiger partial charge in [-0.3, -0.25) is 10.1 Å². The summed E-state index contributed by atoms with van der Waals surface area (Å²) < 4.78 is 6.84. The Kier molecular flexibility index (Phi) is 5.54. The number of carbonyl (C=O) groups excluding carboxylic acids is 1. The number of carbonyl (C=O) groups is 1. The molecule has 0 aliphatic rings. The lowest BCUT2D eigenvalue weighted by atomic mass is 10.2. The molecule has 0 atom stereocenters. The Bertz CT molecular complexity index is 1220. The van der Waals surface area contributed by atoms with E-state index in [0.717, 1.165) is 32.1 Å². The van der Waals surface area contributed by atoms with Crippen LogP contribution in [0, 0.1) is 20.8 Å². The molecule has 4 rings (SSSR count). The quantitative estimate of drug-likeness (QED) is 0.401. The van der Waals surface area contributed by atoms with Crippen LogP contribution in [0.4, 0.5) is 5.13 Å². The number of aromatic nitrogens is 2. The fourth-order valence-corrected chi connectivity index (χ4v) is 4.77. The summed E-state index contributed by atoms with van der Waals surface area (Å²) >= 11 is 8.83. The van der Waals surface area contributed by atoms with Crippen LogP contribution in [0.3, 0.4) is 0 Å². The fourth-order valence-electron chi connectivity index (χ4n) is 2.82. The van der Waals surface area contributed by atoms with Crippen LogP contribution in [0.1, 0.15) is 31.5 Å². The number of anilines is 1. The van der Waals surface area contributed by atoms with Gasteiger partial charge >= 0.3 is 0 Å². The molecule has 0 aliphatic heterocycles. The molecule has 8 heteroatoms.